The van der Waals surface area contributed by atoms with Crippen molar-refractivity contribution < 1.29 is 18.7 Å². The van der Waals surface area contributed by atoms with Gasteiger partial charge >= 0.3 is 6.09 Å². The van der Waals surface area contributed by atoms with Gasteiger partial charge in [0.15, 0.2) is 0 Å². The number of rotatable bonds is 2. The van der Waals surface area contributed by atoms with E-state index in [9.17, 15) is 9.18 Å². The second kappa shape index (κ2) is 4.89. The molecule has 2 atom stereocenters. The van der Waals surface area contributed by atoms with Crippen molar-refractivity contribution in [3.8, 4) is 0 Å². The molecule has 17 heavy (non-hydrogen) atoms. The van der Waals surface area contributed by atoms with E-state index in [1.54, 1.807) is 12.1 Å². The van der Waals surface area contributed by atoms with E-state index in [4.69, 9.17) is 22.1 Å². The first kappa shape index (κ1) is 12.1. The van der Waals surface area contributed by atoms with Gasteiger partial charge in [0.1, 0.15) is 18.5 Å². The molecule has 92 valence electrons. The minimum absolute atomic E-state index is 0.118. The molecule has 2 unspecified atom stereocenters. The molecule has 2 N–H and O–H groups in total. The van der Waals surface area contributed by atoms with Crippen LogP contribution in [0.2, 0.25) is 0 Å². The van der Waals surface area contributed by atoms with E-state index in [1.807, 2.05) is 0 Å². The lowest BCUT2D eigenvalue weighted by molar-refractivity contribution is -0.00620. The molecule has 6 heteroatoms. The lowest BCUT2D eigenvalue weighted by Crippen LogP contribution is -2.26. The first-order valence-electron chi connectivity index (χ1n) is 5.06. The highest BCUT2D eigenvalue weighted by Gasteiger charge is 2.30. The molecule has 1 heterocycles. The number of amides is 1. The Labute approximate surface area is 102 Å². The third-order valence-corrected chi connectivity index (χ3v) is 2.93. The Bertz CT molecular complexity index is 441. The van der Waals surface area contributed by atoms with Gasteiger partial charge in [-0.05, 0) is 11.6 Å². The van der Waals surface area contributed by atoms with E-state index in [0.717, 1.165) is 0 Å². The molecule has 0 spiro atoms. The maximum Gasteiger partial charge on any atom is 0.404 e. The maximum atomic E-state index is 13.7. The van der Waals surface area contributed by atoms with E-state index >= 15 is 0 Å². The maximum absolute atomic E-state index is 13.7. The molecule has 0 saturated carbocycles. The molecule has 1 aliphatic rings. The summed E-state index contributed by atoms with van der Waals surface area (Å²) in [6, 6.07) is 4.63. The molecule has 0 radical (unpaired) electrons. The second-order valence-electron chi connectivity index (χ2n) is 3.66. The lowest BCUT2D eigenvalue weighted by Gasteiger charge is -2.28. The summed E-state index contributed by atoms with van der Waals surface area (Å²) in [6.07, 6.45) is -1.58. The van der Waals surface area contributed by atoms with Crippen LogP contribution in [0.5, 0.6) is 0 Å². The highest BCUT2D eigenvalue weighted by atomic mass is 35.5. The zero-order valence-corrected chi connectivity index (χ0v) is 9.61. The normalized spacial score (nSPS) is 22.9. The number of fused-ring (bicyclic) bond motifs is 1. The SMILES string of the molecule is NC(=O)OCC1OCC(Cl)c2cccc(F)c21. The topological polar surface area (TPSA) is 61.6 Å². The van der Waals surface area contributed by atoms with Crippen molar-refractivity contribution in [2.24, 2.45) is 5.73 Å². The van der Waals surface area contributed by atoms with E-state index < -0.39 is 23.4 Å². The molecule has 2 rings (SSSR count). The van der Waals surface area contributed by atoms with Crippen LogP contribution in [-0.4, -0.2) is 19.3 Å². The molecule has 1 aromatic rings. The van der Waals surface area contributed by atoms with Crippen molar-refractivity contribution in [2.45, 2.75) is 11.5 Å². The standard InChI is InChI=1S/C11H11ClFNO3/c12-7-4-16-9(5-17-11(14)15)10-6(7)2-1-3-8(10)13/h1-3,7,9H,4-5H2,(H2,14,15). The molecule has 4 nitrogen and oxygen atoms in total. The number of alkyl halides is 1. The summed E-state index contributed by atoms with van der Waals surface area (Å²) in [5, 5.41) is -0.398. The minimum atomic E-state index is -0.917. The number of carbonyl (C=O) groups excluding carboxylic acids is 1. The van der Waals surface area contributed by atoms with Gasteiger partial charge < -0.3 is 15.2 Å². The summed E-state index contributed by atoms with van der Waals surface area (Å²) in [5.41, 5.74) is 5.85. The fraction of sp³-hybridized carbons (Fsp3) is 0.364. The number of primary amides is 1. The molecule has 0 aliphatic carbocycles. The molecule has 1 amide bonds. The smallest absolute Gasteiger partial charge is 0.404 e. The molecular weight excluding hydrogens is 249 g/mol. The van der Waals surface area contributed by atoms with Gasteiger partial charge in [-0.25, -0.2) is 9.18 Å². The number of halogens is 2. The summed E-state index contributed by atoms with van der Waals surface area (Å²) < 4.78 is 23.7. The predicted octanol–water partition coefficient (Wildman–Crippen LogP) is 2.27. The summed E-state index contributed by atoms with van der Waals surface area (Å²) in [7, 11) is 0. The number of nitrogens with two attached hydrogens (primary N) is 1. The summed E-state index contributed by atoms with van der Waals surface area (Å²) in [5.74, 6) is -0.425. The quantitative estimate of drug-likeness (QED) is 0.829. The molecule has 0 bridgehead atoms. The van der Waals surface area contributed by atoms with Gasteiger partial charge in [0.25, 0.3) is 0 Å². The summed E-state index contributed by atoms with van der Waals surface area (Å²) in [4.78, 5) is 10.5. The van der Waals surface area contributed by atoms with Crippen LogP contribution in [-0.2, 0) is 9.47 Å². The van der Waals surface area contributed by atoms with Crippen LogP contribution < -0.4 is 5.73 Å². The molecule has 0 fully saturated rings. The Morgan fingerprint density at radius 3 is 3.12 bits per heavy atom. The Morgan fingerprint density at radius 1 is 1.65 bits per heavy atom. The highest BCUT2D eigenvalue weighted by molar-refractivity contribution is 6.21. The fourth-order valence-corrected chi connectivity index (χ4v) is 2.09. The van der Waals surface area contributed by atoms with Gasteiger partial charge in [-0.1, -0.05) is 12.1 Å². The van der Waals surface area contributed by atoms with E-state index in [0.29, 0.717) is 11.1 Å². The van der Waals surface area contributed by atoms with Crippen LogP contribution in [0.15, 0.2) is 18.2 Å². The van der Waals surface area contributed by atoms with E-state index in [1.165, 1.54) is 6.07 Å². The Balaban J connectivity index is 2.28. The minimum Gasteiger partial charge on any atom is -0.447 e. The second-order valence-corrected chi connectivity index (χ2v) is 4.19. The number of hydrogen-bond donors (Lipinski definition) is 1. The van der Waals surface area contributed by atoms with Gasteiger partial charge in [-0.2, -0.15) is 0 Å². The van der Waals surface area contributed by atoms with Crippen molar-refractivity contribution in [3.05, 3.63) is 35.1 Å². The first-order chi connectivity index (χ1) is 8.09. The van der Waals surface area contributed by atoms with Gasteiger partial charge in [-0.15, -0.1) is 11.6 Å². The predicted molar refractivity (Wildman–Crippen MR) is 59.2 cm³/mol. The highest BCUT2D eigenvalue weighted by Crippen LogP contribution is 2.37. The number of benzene rings is 1. The van der Waals surface area contributed by atoms with Crippen LogP contribution in [0, 0.1) is 5.82 Å². The van der Waals surface area contributed by atoms with Crippen LogP contribution in [0.3, 0.4) is 0 Å². The number of ether oxygens (including phenoxy) is 2. The molecule has 0 saturated heterocycles. The van der Waals surface area contributed by atoms with E-state index in [2.05, 4.69) is 4.74 Å². The van der Waals surface area contributed by atoms with Crippen LogP contribution in [0.25, 0.3) is 0 Å². The van der Waals surface area contributed by atoms with Crippen molar-refractivity contribution in [2.75, 3.05) is 13.2 Å². The first-order valence-corrected chi connectivity index (χ1v) is 5.49. The molecule has 1 aliphatic heterocycles. The van der Waals surface area contributed by atoms with Gasteiger partial charge in [0, 0.05) is 5.56 Å². The summed E-state index contributed by atoms with van der Waals surface area (Å²) >= 11 is 6.02. The largest absolute Gasteiger partial charge is 0.447 e. The van der Waals surface area contributed by atoms with Gasteiger partial charge in [-0.3, -0.25) is 0 Å². The fourth-order valence-electron chi connectivity index (χ4n) is 1.83. The Morgan fingerprint density at radius 2 is 2.41 bits per heavy atom. The van der Waals surface area contributed by atoms with Crippen molar-refractivity contribution in [1.82, 2.24) is 0 Å². The van der Waals surface area contributed by atoms with Gasteiger partial charge in [0.2, 0.25) is 0 Å². The Hall–Kier alpha value is -1.33. The lowest BCUT2D eigenvalue weighted by atomic mass is 9.97. The van der Waals surface area contributed by atoms with Gasteiger partial charge in [0.05, 0.1) is 12.0 Å². The van der Waals surface area contributed by atoms with E-state index in [-0.39, 0.29) is 13.2 Å². The molecule has 0 aromatic heterocycles. The van der Waals surface area contributed by atoms with Crippen molar-refractivity contribution >= 4 is 17.7 Å². The zero-order valence-electron chi connectivity index (χ0n) is 8.86. The molecular formula is C11H11ClFNO3. The van der Waals surface area contributed by atoms with Crippen LogP contribution in [0.4, 0.5) is 9.18 Å². The molecule has 1 aromatic carbocycles. The monoisotopic (exact) mass is 259 g/mol. The Kier molecular flexibility index (Phi) is 3.49. The van der Waals surface area contributed by atoms with Crippen LogP contribution in [0.1, 0.15) is 22.6 Å². The third-order valence-electron chi connectivity index (χ3n) is 2.57. The number of hydrogen-bond acceptors (Lipinski definition) is 3. The van der Waals surface area contributed by atoms with Crippen LogP contribution >= 0.6 is 11.6 Å². The van der Waals surface area contributed by atoms with Crippen molar-refractivity contribution in [3.63, 3.8) is 0 Å². The summed E-state index contributed by atoms with van der Waals surface area (Å²) in [6.45, 7) is 0.123. The zero-order chi connectivity index (χ0) is 12.4. The average molecular weight is 260 g/mol. The third kappa shape index (κ3) is 2.50. The average Bonchev–Trinajstić information content (AvgIpc) is 2.29. The van der Waals surface area contributed by atoms with Crippen molar-refractivity contribution in [1.29, 1.82) is 0 Å². The number of carbonyl (C=O) groups is 1.